The number of fused-ring (bicyclic) bond motifs is 1. The van der Waals surface area contributed by atoms with Gasteiger partial charge in [-0.05, 0) is 90.8 Å². The number of aryl methyl sites for hydroxylation is 1. The Morgan fingerprint density at radius 3 is 2.47 bits per heavy atom. The van der Waals surface area contributed by atoms with Crippen molar-refractivity contribution in [1.82, 2.24) is 0 Å². The highest BCUT2D eigenvalue weighted by atomic mass is 16.5. The first-order chi connectivity index (χ1) is 15.0. The largest absolute Gasteiger partial charge is 0.508 e. The fourth-order valence-corrected chi connectivity index (χ4v) is 4.06. The highest BCUT2D eigenvalue weighted by Gasteiger charge is 2.40. The van der Waals surface area contributed by atoms with Crippen LogP contribution >= 0.6 is 0 Å². The summed E-state index contributed by atoms with van der Waals surface area (Å²) in [6, 6.07) is 3.34. The van der Waals surface area contributed by atoms with Gasteiger partial charge in [-0.1, -0.05) is 29.4 Å². The molecule has 5 nitrogen and oxygen atoms in total. The number of aromatic hydroxyl groups is 1. The van der Waals surface area contributed by atoms with Crippen LogP contribution < -0.4 is 4.74 Å². The van der Waals surface area contributed by atoms with Crippen LogP contribution in [0.15, 0.2) is 47.1 Å². The molecular weight excluding hydrogens is 404 g/mol. The van der Waals surface area contributed by atoms with Crippen LogP contribution in [0.2, 0.25) is 0 Å². The average molecular weight is 443 g/mol. The number of carboxylic acid groups (broad SMARTS) is 1. The van der Waals surface area contributed by atoms with Gasteiger partial charge in [-0.3, -0.25) is 0 Å². The number of aliphatic hydroxyl groups excluding tert-OH is 1. The Morgan fingerprint density at radius 2 is 1.81 bits per heavy atom. The van der Waals surface area contributed by atoms with Gasteiger partial charge in [0, 0.05) is 17.6 Å². The molecule has 0 saturated heterocycles. The van der Waals surface area contributed by atoms with Gasteiger partial charge in [0.15, 0.2) is 0 Å². The highest BCUT2D eigenvalue weighted by Crippen LogP contribution is 2.40. The minimum atomic E-state index is -0.839. The molecule has 0 radical (unpaired) electrons. The molecule has 1 aliphatic rings. The third kappa shape index (κ3) is 7.27. The maximum absolute atomic E-state index is 11.4. The second kappa shape index (κ2) is 11.4. The van der Waals surface area contributed by atoms with E-state index in [2.05, 4.69) is 19.1 Å². The topological polar surface area (TPSA) is 87.0 Å². The van der Waals surface area contributed by atoms with Crippen LogP contribution in [-0.2, 0) is 11.2 Å². The molecule has 0 spiro atoms. The van der Waals surface area contributed by atoms with Gasteiger partial charge in [-0.25, -0.2) is 4.79 Å². The summed E-state index contributed by atoms with van der Waals surface area (Å²) in [5.74, 6) is 0.112. The number of benzene rings is 1. The van der Waals surface area contributed by atoms with Crippen LogP contribution in [0.25, 0.3) is 0 Å². The number of allylic oxidation sites excluding steroid dienone is 5. The molecule has 176 valence electrons. The molecule has 0 aliphatic carbocycles. The summed E-state index contributed by atoms with van der Waals surface area (Å²) in [5, 5.41) is 29.9. The van der Waals surface area contributed by atoms with Crippen molar-refractivity contribution in [2.45, 2.75) is 91.3 Å². The summed E-state index contributed by atoms with van der Waals surface area (Å²) in [4.78, 5) is 11.4. The van der Waals surface area contributed by atoms with Crippen molar-refractivity contribution >= 4 is 5.97 Å². The molecule has 0 saturated carbocycles. The summed E-state index contributed by atoms with van der Waals surface area (Å²) in [7, 11) is 0. The van der Waals surface area contributed by atoms with Crippen molar-refractivity contribution in [3.8, 4) is 11.5 Å². The molecule has 0 unspecified atom stereocenters. The van der Waals surface area contributed by atoms with Crippen molar-refractivity contribution in [2.24, 2.45) is 0 Å². The lowest BCUT2D eigenvalue weighted by molar-refractivity contribution is -0.132. The smallest absolute Gasteiger partial charge is 0.331 e. The van der Waals surface area contributed by atoms with Gasteiger partial charge >= 0.3 is 5.97 Å². The predicted molar refractivity (Wildman–Crippen MR) is 128 cm³/mol. The predicted octanol–water partition coefficient (Wildman–Crippen LogP) is 6.02. The van der Waals surface area contributed by atoms with E-state index in [-0.39, 0.29) is 5.75 Å². The maximum Gasteiger partial charge on any atom is 0.331 e. The fourth-order valence-electron chi connectivity index (χ4n) is 4.06. The number of phenolic OH excluding ortho intramolecular Hbond substituents is 1. The van der Waals surface area contributed by atoms with Crippen LogP contribution in [0.4, 0.5) is 0 Å². The molecule has 2 atom stereocenters. The van der Waals surface area contributed by atoms with E-state index in [9.17, 15) is 20.1 Å². The lowest BCUT2D eigenvalue weighted by Gasteiger charge is -2.40. The van der Waals surface area contributed by atoms with E-state index < -0.39 is 17.7 Å². The Hall–Kier alpha value is -2.53. The SMILES string of the molecule is CC(C)=CCCC(=CCCC(C)=CCC[C@]1(C)Oc2c(C)cc(O)cc2C[C@@H]1O)C(=O)O. The number of carbonyl (C=O) groups is 1. The molecule has 1 aliphatic heterocycles. The summed E-state index contributed by atoms with van der Waals surface area (Å²) in [5.41, 5.74) is 3.89. The van der Waals surface area contributed by atoms with Crippen molar-refractivity contribution in [2.75, 3.05) is 0 Å². The maximum atomic E-state index is 11.4. The molecule has 5 heteroatoms. The van der Waals surface area contributed by atoms with Gasteiger partial charge in [0.05, 0.1) is 6.10 Å². The number of carboxylic acids is 1. The Kier molecular flexibility index (Phi) is 9.14. The molecule has 3 N–H and O–H groups in total. The summed E-state index contributed by atoms with van der Waals surface area (Å²) in [6.07, 6.45) is 10.1. The van der Waals surface area contributed by atoms with E-state index in [0.717, 1.165) is 36.1 Å². The quantitative estimate of drug-likeness (QED) is 0.305. The second-order valence-corrected chi connectivity index (χ2v) is 9.37. The monoisotopic (exact) mass is 442 g/mol. The third-order valence-electron chi connectivity index (χ3n) is 6.09. The number of aliphatic hydroxyl groups is 1. The third-order valence-corrected chi connectivity index (χ3v) is 6.09. The molecule has 0 aromatic heterocycles. The van der Waals surface area contributed by atoms with Crippen molar-refractivity contribution < 1.29 is 24.9 Å². The molecule has 2 rings (SSSR count). The lowest BCUT2D eigenvalue weighted by Crippen LogP contribution is -2.49. The minimum Gasteiger partial charge on any atom is -0.508 e. The van der Waals surface area contributed by atoms with Gasteiger partial charge in [0.1, 0.15) is 17.1 Å². The van der Waals surface area contributed by atoms with E-state index in [4.69, 9.17) is 4.74 Å². The molecule has 0 amide bonds. The molecular formula is C27H38O5. The first-order valence-corrected chi connectivity index (χ1v) is 11.4. The summed E-state index contributed by atoms with van der Waals surface area (Å²) < 4.78 is 6.22. The van der Waals surface area contributed by atoms with Gasteiger partial charge in [-0.2, -0.15) is 0 Å². The van der Waals surface area contributed by atoms with Crippen LogP contribution in [0, 0.1) is 6.92 Å². The zero-order chi connectivity index (χ0) is 23.9. The number of hydrogen-bond donors (Lipinski definition) is 3. The second-order valence-electron chi connectivity index (χ2n) is 9.37. The molecule has 0 fully saturated rings. The zero-order valence-corrected chi connectivity index (χ0v) is 20.1. The standard InChI is InChI=1S/C27H38O5/c1-18(2)9-6-12-21(26(30)31)13-7-10-19(3)11-8-14-27(5)24(29)17-22-16-23(28)15-20(4)25(22)32-27/h9,11,13,15-16,24,28-29H,6-8,10,12,14,17H2,1-5H3,(H,30,31)/t24-,27-/m0/s1. The van der Waals surface area contributed by atoms with E-state index >= 15 is 0 Å². The van der Waals surface area contributed by atoms with E-state index in [1.165, 1.54) is 11.1 Å². The van der Waals surface area contributed by atoms with Crippen LogP contribution in [0.3, 0.4) is 0 Å². The minimum absolute atomic E-state index is 0.191. The number of ether oxygens (including phenoxy) is 1. The lowest BCUT2D eigenvalue weighted by atomic mass is 9.85. The van der Waals surface area contributed by atoms with Gasteiger partial charge < -0.3 is 20.1 Å². The van der Waals surface area contributed by atoms with Gasteiger partial charge in [0.25, 0.3) is 0 Å². The van der Waals surface area contributed by atoms with Crippen molar-refractivity contribution in [3.05, 3.63) is 58.2 Å². The van der Waals surface area contributed by atoms with Crippen LogP contribution in [0.5, 0.6) is 11.5 Å². The Bertz CT molecular complexity index is 905. The molecule has 1 aromatic carbocycles. The van der Waals surface area contributed by atoms with E-state index in [0.29, 0.717) is 31.3 Å². The first-order valence-electron chi connectivity index (χ1n) is 11.4. The van der Waals surface area contributed by atoms with Crippen LogP contribution in [0.1, 0.15) is 77.3 Å². The van der Waals surface area contributed by atoms with E-state index in [1.54, 1.807) is 12.1 Å². The highest BCUT2D eigenvalue weighted by molar-refractivity contribution is 5.86. The Labute approximate surface area is 192 Å². The van der Waals surface area contributed by atoms with E-state index in [1.807, 2.05) is 33.8 Å². The van der Waals surface area contributed by atoms with Gasteiger partial charge in [0.2, 0.25) is 0 Å². The summed E-state index contributed by atoms with van der Waals surface area (Å²) in [6.45, 7) is 9.92. The Balaban J connectivity index is 1.91. The fraction of sp³-hybridized carbons (Fsp3) is 0.519. The number of rotatable bonds is 10. The number of phenols is 1. The molecule has 1 aromatic rings. The molecule has 1 heterocycles. The average Bonchev–Trinajstić information content (AvgIpc) is 2.68. The summed E-state index contributed by atoms with van der Waals surface area (Å²) >= 11 is 0. The molecule has 32 heavy (non-hydrogen) atoms. The molecule has 0 bridgehead atoms. The number of aliphatic carboxylic acids is 1. The number of hydrogen-bond acceptors (Lipinski definition) is 4. The zero-order valence-electron chi connectivity index (χ0n) is 20.1. The van der Waals surface area contributed by atoms with Gasteiger partial charge in [-0.15, -0.1) is 0 Å². The normalized spacial score (nSPS) is 21.0. The van der Waals surface area contributed by atoms with Crippen LogP contribution in [-0.4, -0.2) is 33.0 Å². The van der Waals surface area contributed by atoms with Crippen molar-refractivity contribution in [3.63, 3.8) is 0 Å². The van der Waals surface area contributed by atoms with Crippen molar-refractivity contribution in [1.29, 1.82) is 0 Å². The Morgan fingerprint density at radius 1 is 1.12 bits per heavy atom. The first kappa shape index (κ1) is 25.7.